The molecule has 348 valence electrons. The maximum absolute atomic E-state index is 12.6. The molecule has 0 aliphatic carbocycles. The topological polar surface area (TPSA) is 206 Å². The van der Waals surface area contributed by atoms with Gasteiger partial charge < -0.3 is 46.7 Å². The number of hydrogen-bond donors (Lipinski definition) is 5. The van der Waals surface area contributed by atoms with Crippen molar-refractivity contribution in [1.29, 1.82) is 0 Å². The van der Waals surface area contributed by atoms with Gasteiger partial charge in [0.1, 0.15) is 51.6 Å². The van der Waals surface area contributed by atoms with Crippen LogP contribution in [0.4, 0.5) is 4.79 Å². The van der Waals surface area contributed by atoms with Crippen LogP contribution in [-0.4, -0.2) is 87.0 Å². The highest BCUT2D eigenvalue weighted by Gasteiger charge is 2.40. The largest absolute Gasteiger partial charge is 0.457 e. The van der Waals surface area contributed by atoms with Crippen LogP contribution in [0, 0.1) is 11.8 Å². The van der Waals surface area contributed by atoms with E-state index in [1.807, 2.05) is 135 Å². The van der Waals surface area contributed by atoms with Gasteiger partial charge in [0.25, 0.3) is 11.8 Å². The number of nitrogens with one attached hydrogen (secondary N) is 3. The summed E-state index contributed by atoms with van der Waals surface area (Å²) in [5, 5.41) is 3.44. The molecule has 3 amide bonds. The number of para-hydroxylation sites is 2. The predicted octanol–water partition coefficient (Wildman–Crippen LogP) is 7.81. The molecule has 0 bridgehead atoms. The number of aromatic nitrogens is 4. The molecule has 4 unspecified atom stereocenters. The molecule has 67 heavy (non-hydrogen) atoms. The second-order valence-corrected chi connectivity index (χ2v) is 18.4. The van der Waals surface area contributed by atoms with Crippen molar-refractivity contribution >= 4 is 17.9 Å². The molecule has 16 heteroatoms. The summed E-state index contributed by atoms with van der Waals surface area (Å²) in [7, 11) is 0. The van der Waals surface area contributed by atoms with Crippen molar-refractivity contribution in [2.75, 3.05) is 50.1 Å². The van der Waals surface area contributed by atoms with Crippen molar-refractivity contribution in [1.82, 2.24) is 29.5 Å². The van der Waals surface area contributed by atoms with Crippen LogP contribution in [0.2, 0.25) is 0 Å². The van der Waals surface area contributed by atoms with E-state index in [9.17, 15) is 14.4 Å². The maximum atomic E-state index is 12.6. The fourth-order valence-electron chi connectivity index (χ4n) is 9.60. The summed E-state index contributed by atoms with van der Waals surface area (Å²) in [6, 6.07) is 34.3. The van der Waals surface area contributed by atoms with E-state index in [4.69, 9.17) is 35.6 Å². The van der Waals surface area contributed by atoms with Crippen molar-refractivity contribution in [2.45, 2.75) is 63.9 Å². The molecule has 0 saturated carbocycles. The first-order valence-electron chi connectivity index (χ1n) is 23.1. The minimum atomic E-state index is -0.548. The number of carbonyl (C=O) groups is 3. The van der Waals surface area contributed by atoms with E-state index in [2.05, 4.69) is 16.2 Å². The lowest BCUT2D eigenvalue weighted by molar-refractivity contribution is 0.0285. The summed E-state index contributed by atoms with van der Waals surface area (Å²) in [5.41, 5.74) is 21.2. The fraction of sp³-hybridized carbons (Fsp3) is 0.353. The quantitative estimate of drug-likeness (QED) is 0.0896. The van der Waals surface area contributed by atoms with Crippen LogP contribution in [0.15, 0.2) is 109 Å². The number of ether oxygens (including phenoxy) is 3. The highest BCUT2D eigenvalue weighted by molar-refractivity contribution is 5.98. The molecule has 4 aromatic carbocycles. The summed E-state index contributed by atoms with van der Waals surface area (Å²) in [5.74, 6) is 4.72. The summed E-state index contributed by atoms with van der Waals surface area (Å²) in [4.78, 5) is 49.1. The van der Waals surface area contributed by atoms with Gasteiger partial charge in [-0.2, -0.15) is 0 Å². The van der Waals surface area contributed by atoms with Gasteiger partial charge in [-0.3, -0.25) is 9.59 Å². The SMILES string of the molecule is CC(C)(C)OC(=O)N1CCC(C2CCNn3c2nc(-c2ccc(Oc4ccccc4)cc2)c3C(N)=O)C1.NC(=O)c1c(-c2ccc(Oc3ccccc3)cc2)nc2n1NCCC2C1CCNC1. The number of nitrogens with two attached hydrogens (primary N) is 2. The van der Waals surface area contributed by atoms with Crippen LogP contribution in [0.25, 0.3) is 22.5 Å². The first kappa shape index (κ1) is 44.9. The van der Waals surface area contributed by atoms with Gasteiger partial charge in [0.05, 0.1) is 0 Å². The lowest BCUT2D eigenvalue weighted by Gasteiger charge is -2.30. The van der Waals surface area contributed by atoms with Gasteiger partial charge in [0, 0.05) is 49.1 Å². The van der Waals surface area contributed by atoms with Crippen LogP contribution in [0.5, 0.6) is 23.0 Å². The standard InChI is InChI=1S/C28H33N5O4.C23H25N5O2/c1-28(2,3)37-27(35)32-16-14-19(17-32)22-13-15-30-33-24(25(29)34)23(31-26(22)33)18-9-11-21(12-10-18)36-20-7-5-4-6-8-20;24-22(29)21-20(15-6-8-18(9-7-15)30-17-4-2-1-3-5-17)27-23-19(11-13-26-28(21)23)16-10-12-25-14-16/h4-12,19,22,30H,13-17H2,1-3H3,(H2,29,34);1-9,16,19,25-26H,10-14H2,(H2,24,29). The van der Waals surface area contributed by atoms with E-state index in [0.717, 1.165) is 85.3 Å². The summed E-state index contributed by atoms with van der Waals surface area (Å²) >= 11 is 0. The molecule has 4 atom stereocenters. The Bertz CT molecular complexity index is 2690. The lowest BCUT2D eigenvalue weighted by Crippen LogP contribution is -2.37. The minimum Gasteiger partial charge on any atom is -0.457 e. The zero-order valence-electron chi connectivity index (χ0n) is 38.1. The molecule has 16 nitrogen and oxygen atoms in total. The first-order chi connectivity index (χ1) is 32.4. The maximum Gasteiger partial charge on any atom is 0.410 e. The minimum absolute atomic E-state index is 0.0845. The number of imidazole rings is 2. The highest BCUT2D eigenvalue weighted by Crippen LogP contribution is 2.40. The molecular formula is C51H58N10O6. The highest BCUT2D eigenvalue weighted by atomic mass is 16.6. The number of fused-ring (bicyclic) bond motifs is 2. The molecular weight excluding hydrogens is 849 g/mol. The van der Waals surface area contributed by atoms with Crippen LogP contribution < -0.4 is 37.1 Å². The molecule has 4 aliphatic heterocycles. The average molecular weight is 907 g/mol. The second-order valence-electron chi connectivity index (χ2n) is 18.4. The number of benzene rings is 4. The Morgan fingerprint density at radius 2 is 1.06 bits per heavy atom. The lowest BCUT2D eigenvalue weighted by atomic mass is 9.87. The Kier molecular flexibility index (Phi) is 12.9. The first-order valence-corrected chi connectivity index (χ1v) is 23.1. The van der Waals surface area contributed by atoms with Gasteiger partial charge in [0.15, 0.2) is 11.4 Å². The van der Waals surface area contributed by atoms with Gasteiger partial charge in [-0.25, -0.2) is 24.1 Å². The fourth-order valence-corrected chi connectivity index (χ4v) is 9.60. The Balaban J connectivity index is 0.000000171. The molecule has 0 spiro atoms. The van der Waals surface area contributed by atoms with Crippen molar-refractivity contribution in [3.8, 4) is 45.5 Å². The third-order valence-corrected chi connectivity index (χ3v) is 12.7. The molecule has 0 radical (unpaired) electrons. The number of nitrogens with zero attached hydrogens (tertiary/aromatic N) is 5. The Labute approximate surface area is 389 Å². The van der Waals surface area contributed by atoms with Crippen molar-refractivity contribution in [3.05, 3.63) is 132 Å². The Morgan fingerprint density at radius 1 is 0.597 bits per heavy atom. The van der Waals surface area contributed by atoms with Crippen molar-refractivity contribution < 1.29 is 28.6 Å². The normalized spacial score (nSPS) is 19.7. The number of likely N-dealkylation sites (tertiary alicyclic amines) is 1. The van der Waals surface area contributed by atoms with Gasteiger partial charge in [-0.15, -0.1) is 0 Å². The van der Waals surface area contributed by atoms with Gasteiger partial charge in [0.2, 0.25) is 0 Å². The molecule has 6 aromatic rings. The molecule has 6 heterocycles. The third kappa shape index (κ3) is 9.94. The zero-order valence-corrected chi connectivity index (χ0v) is 38.1. The van der Waals surface area contributed by atoms with E-state index >= 15 is 0 Å². The summed E-state index contributed by atoms with van der Waals surface area (Å²) in [6.07, 6.45) is 3.55. The molecule has 10 rings (SSSR count). The number of primary amides is 2. The number of amides is 3. The molecule has 4 aliphatic rings. The Hall–Kier alpha value is -7.33. The van der Waals surface area contributed by atoms with Crippen molar-refractivity contribution in [3.63, 3.8) is 0 Å². The summed E-state index contributed by atoms with van der Waals surface area (Å²) in [6.45, 7) is 10.4. The van der Waals surface area contributed by atoms with Crippen LogP contribution >= 0.6 is 0 Å². The molecule has 2 saturated heterocycles. The van der Waals surface area contributed by atoms with Crippen LogP contribution in [-0.2, 0) is 4.74 Å². The van der Waals surface area contributed by atoms with Gasteiger partial charge in [-0.05, 0) is 144 Å². The molecule has 2 fully saturated rings. The second kappa shape index (κ2) is 19.3. The monoisotopic (exact) mass is 906 g/mol. The van der Waals surface area contributed by atoms with Gasteiger partial charge >= 0.3 is 6.09 Å². The third-order valence-electron chi connectivity index (χ3n) is 12.7. The van der Waals surface area contributed by atoms with Crippen LogP contribution in [0.3, 0.4) is 0 Å². The van der Waals surface area contributed by atoms with Gasteiger partial charge in [-0.1, -0.05) is 36.4 Å². The van der Waals surface area contributed by atoms with E-state index in [1.165, 1.54) is 0 Å². The summed E-state index contributed by atoms with van der Waals surface area (Å²) < 4.78 is 20.9. The predicted molar refractivity (Wildman–Crippen MR) is 255 cm³/mol. The van der Waals surface area contributed by atoms with Crippen molar-refractivity contribution in [2.24, 2.45) is 23.3 Å². The number of rotatable bonds is 10. The number of carbonyl (C=O) groups excluding carboxylic acids is 3. The smallest absolute Gasteiger partial charge is 0.410 e. The van der Waals surface area contributed by atoms with E-state index in [1.54, 1.807) is 9.58 Å². The number of hydrogen-bond acceptors (Lipinski definition) is 11. The molecule has 2 aromatic heterocycles. The molecule has 7 N–H and O–H groups in total. The van der Waals surface area contributed by atoms with E-state index in [0.29, 0.717) is 60.0 Å². The van der Waals surface area contributed by atoms with Crippen LogP contribution in [0.1, 0.15) is 90.9 Å². The zero-order chi connectivity index (χ0) is 46.7. The average Bonchev–Trinajstić information content (AvgIpc) is 4.16. The van der Waals surface area contributed by atoms with E-state index in [-0.39, 0.29) is 17.9 Å². The van der Waals surface area contributed by atoms with E-state index < -0.39 is 17.4 Å². The Morgan fingerprint density at radius 3 is 1.49 bits per heavy atom.